The zero-order valence-corrected chi connectivity index (χ0v) is 11.2. The normalized spacial score (nSPS) is 30.0. The largest absolute Gasteiger partial charge is 0.315 e. The zero-order valence-electron chi connectivity index (χ0n) is 9.55. The highest BCUT2D eigenvalue weighted by molar-refractivity contribution is 7.91. The van der Waals surface area contributed by atoms with E-state index >= 15 is 0 Å². The van der Waals surface area contributed by atoms with Crippen molar-refractivity contribution in [2.24, 2.45) is 11.3 Å². The first-order valence-corrected chi connectivity index (χ1v) is 8.58. The first-order chi connectivity index (χ1) is 8.10. The SMILES string of the molecule is O=S1(=O)CCC(C2(Cc3cncs3)CNC2)C1. The third-order valence-corrected chi connectivity index (χ3v) is 6.61. The molecule has 2 fully saturated rings. The number of hydrogen-bond acceptors (Lipinski definition) is 5. The van der Waals surface area contributed by atoms with Gasteiger partial charge in [0.2, 0.25) is 0 Å². The fourth-order valence-corrected chi connectivity index (χ4v) is 5.65. The van der Waals surface area contributed by atoms with Gasteiger partial charge in [-0.05, 0) is 18.8 Å². The fourth-order valence-electron chi connectivity index (χ4n) is 2.96. The lowest BCUT2D eigenvalue weighted by Crippen LogP contribution is -2.59. The van der Waals surface area contributed by atoms with Crippen LogP contribution in [0, 0.1) is 11.3 Å². The van der Waals surface area contributed by atoms with Crippen LogP contribution in [0.4, 0.5) is 0 Å². The number of nitrogens with one attached hydrogen (secondary N) is 1. The third kappa shape index (κ3) is 2.13. The molecule has 17 heavy (non-hydrogen) atoms. The highest BCUT2D eigenvalue weighted by atomic mass is 32.2. The van der Waals surface area contributed by atoms with Crippen LogP contribution >= 0.6 is 11.3 Å². The standard InChI is InChI=1S/C11H16N2O2S2/c14-17(15)2-1-9(5-17)11(6-13-7-11)3-10-4-12-8-16-10/h4,8-9,13H,1-3,5-7H2. The molecule has 6 heteroatoms. The van der Waals surface area contributed by atoms with Gasteiger partial charge in [0.15, 0.2) is 9.84 Å². The minimum atomic E-state index is -2.77. The summed E-state index contributed by atoms with van der Waals surface area (Å²) in [6.07, 6.45) is 3.72. The minimum Gasteiger partial charge on any atom is -0.315 e. The Bertz CT molecular complexity index is 492. The maximum atomic E-state index is 11.6. The van der Waals surface area contributed by atoms with Gasteiger partial charge in [-0.25, -0.2) is 8.42 Å². The zero-order chi connectivity index (χ0) is 11.9. The van der Waals surface area contributed by atoms with Gasteiger partial charge in [-0.3, -0.25) is 4.98 Å². The summed E-state index contributed by atoms with van der Waals surface area (Å²) in [5.41, 5.74) is 2.01. The smallest absolute Gasteiger partial charge is 0.150 e. The molecule has 1 N–H and O–H groups in total. The Labute approximate surface area is 105 Å². The van der Waals surface area contributed by atoms with Crippen LogP contribution in [0.25, 0.3) is 0 Å². The van der Waals surface area contributed by atoms with Gasteiger partial charge in [-0.1, -0.05) is 0 Å². The van der Waals surface area contributed by atoms with Crippen molar-refractivity contribution < 1.29 is 8.42 Å². The van der Waals surface area contributed by atoms with Crippen molar-refractivity contribution in [3.8, 4) is 0 Å². The maximum Gasteiger partial charge on any atom is 0.150 e. The van der Waals surface area contributed by atoms with E-state index in [9.17, 15) is 8.42 Å². The van der Waals surface area contributed by atoms with Crippen LogP contribution in [0.3, 0.4) is 0 Å². The average Bonchev–Trinajstić information content (AvgIpc) is 2.81. The summed E-state index contributed by atoms with van der Waals surface area (Å²) in [4.78, 5) is 5.37. The molecule has 3 rings (SSSR count). The van der Waals surface area contributed by atoms with E-state index in [1.54, 1.807) is 11.3 Å². The number of sulfone groups is 1. The maximum absolute atomic E-state index is 11.6. The van der Waals surface area contributed by atoms with Gasteiger partial charge < -0.3 is 5.32 Å². The second-order valence-corrected chi connectivity index (χ2v) is 8.41. The number of hydrogen-bond donors (Lipinski definition) is 1. The molecule has 2 saturated heterocycles. The van der Waals surface area contributed by atoms with E-state index in [0.717, 1.165) is 25.9 Å². The van der Waals surface area contributed by atoms with E-state index in [1.165, 1.54) is 4.88 Å². The quantitative estimate of drug-likeness (QED) is 0.880. The summed E-state index contributed by atoms with van der Waals surface area (Å²) >= 11 is 1.67. The van der Waals surface area contributed by atoms with Crippen LogP contribution < -0.4 is 5.32 Å². The highest BCUT2D eigenvalue weighted by Crippen LogP contribution is 2.42. The molecule has 1 aromatic rings. The molecule has 0 aliphatic carbocycles. The average molecular weight is 272 g/mol. The van der Waals surface area contributed by atoms with Crippen molar-refractivity contribution >= 4 is 21.2 Å². The number of aromatic nitrogens is 1. The predicted molar refractivity (Wildman–Crippen MR) is 67.9 cm³/mol. The first-order valence-electron chi connectivity index (χ1n) is 5.88. The Morgan fingerprint density at radius 1 is 1.53 bits per heavy atom. The van der Waals surface area contributed by atoms with Crippen molar-refractivity contribution in [1.82, 2.24) is 10.3 Å². The van der Waals surface area contributed by atoms with E-state index < -0.39 is 9.84 Å². The number of nitrogens with zero attached hydrogens (tertiary/aromatic N) is 1. The molecular weight excluding hydrogens is 256 g/mol. The lowest BCUT2D eigenvalue weighted by Gasteiger charge is -2.47. The summed E-state index contributed by atoms with van der Waals surface area (Å²) < 4.78 is 23.2. The van der Waals surface area contributed by atoms with Gasteiger partial charge >= 0.3 is 0 Å². The van der Waals surface area contributed by atoms with Crippen molar-refractivity contribution in [2.75, 3.05) is 24.6 Å². The summed E-state index contributed by atoms with van der Waals surface area (Å²) in [6, 6.07) is 0. The van der Waals surface area contributed by atoms with Gasteiger partial charge in [0.1, 0.15) is 0 Å². The van der Waals surface area contributed by atoms with Gasteiger partial charge in [0.05, 0.1) is 17.0 Å². The predicted octanol–water partition coefficient (Wildman–Crippen LogP) is 0.710. The molecule has 94 valence electrons. The summed E-state index contributed by atoms with van der Waals surface area (Å²) in [5.74, 6) is 1.09. The summed E-state index contributed by atoms with van der Waals surface area (Å²) in [6.45, 7) is 1.90. The van der Waals surface area contributed by atoms with Crippen molar-refractivity contribution in [3.05, 3.63) is 16.6 Å². The number of rotatable bonds is 3. The molecule has 2 aliphatic heterocycles. The summed E-state index contributed by atoms with van der Waals surface area (Å²) in [5, 5.41) is 3.31. The van der Waals surface area contributed by atoms with Crippen LogP contribution in [0.15, 0.2) is 11.7 Å². The topological polar surface area (TPSA) is 59.1 Å². The van der Waals surface area contributed by atoms with E-state index in [-0.39, 0.29) is 5.41 Å². The van der Waals surface area contributed by atoms with Gasteiger partial charge in [-0.15, -0.1) is 11.3 Å². The van der Waals surface area contributed by atoms with E-state index in [4.69, 9.17) is 0 Å². The van der Waals surface area contributed by atoms with E-state index in [1.807, 2.05) is 11.7 Å². The molecular formula is C11H16N2O2S2. The van der Waals surface area contributed by atoms with Crippen LogP contribution in [0.1, 0.15) is 11.3 Å². The molecule has 2 aliphatic rings. The molecule has 0 amide bonds. The molecule has 1 atom stereocenters. The lowest BCUT2D eigenvalue weighted by molar-refractivity contribution is 0.0934. The highest BCUT2D eigenvalue weighted by Gasteiger charge is 2.48. The van der Waals surface area contributed by atoms with Crippen molar-refractivity contribution in [2.45, 2.75) is 12.8 Å². The van der Waals surface area contributed by atoms with Crippen LogP contribution in [-0.4, -0.2) is 38.0 Å². The third-order valence-electron chi connectivity index (χ3n) is 4.06. The van der Waals surface area contributed by atoms with Gasteiger partial charge in [-0.2, -0.15) is 0 Å². The van der Waals surface area contributed by atoms with Crippen LogP contribution in [0.2, 0.25) is 0 Å². The molecule has 0 bridgehead atoms. The van der Waals surface area contributed by atoms with Gasteiger partial charge in [0.25, 0.3) is 0 Å². The lowest BCUT2D eigenvalue weighted by atomic mass is 9.68. The van der Waals surface area contributed by atoms with E-state index in [0.29, 0.717) is 17.4 Å². The molecule has 1 aromatic heterocycles. The molecule has 0 saturated carbocycles. The van der Waals surface area contributed by atoms with Crippen LogP contribution in [-0.2, 0) is 16.3 Å². The summed E-state index contributed by atoms with van der Waals surface area (Å²) in [7, 11) is -2.77. The molecule has 0 aromatic carbocycles. The Morgan fingerprint density at radius 3 is 2.82 bits per heavy atom. The fraction of sp³-hybridized carbons (Fsp3) is 0.727. The second-order valence-electron chi connectivity index (χ2n) is 5.21. The Balaban J connectivity index is 1.78. The Kier molecular flexibility index (Phi) is 2.76. The molecule has 0 radical (unpaired) electrons. The second kappa shape index (κ2) is 4.03. The van der Waals surface area contributed by atoms with Crippen molar-refractivity contribution in [1.29, 1.82) is 0 Å². The van der Waals surface area contributed by atoms with E-state index in [2.05, 4.69) is 10.3 Å². The molecule has 3 heterocycles. The Morgan fingerprint density at radius 2 is 2.35 bits per heavy atom. The number of thiazole rings is 1. The van der Waals surface area contributed by atoms with Crippen LogP contribution in [0.5, 0.6) is 0 Å². The van der Waals surface area contributed by atoms with Gasteiger partial charge in [0, 0.05) is 29.6 Å². The monoisotopic (exact) mass is 272 g/mol. The minimum absolute atomic E-state index is 0.163. The first kappa shape index (κ1) is 11.6. The molecule has 1 unspecified atom stereocenters. The van der Waals surface area contributed by atoms with Crippen molar-refractivity contribution in [3.63, 3.8) is 0 Å². The molecule has 4 nitrogen and oxygen atoms in total. The molecule has 0 spiro atoms. The Hall–Kier alpha value is -0.460.